The molecule has 54 valence electrons. The van der Waals surface area contributed by atoms with Crippen molar-refractivity contribution in [2.45, 2.75) is 38.1 Å². The molecule has 0 aromatic heterocycles. The highest BCUT2D eigenvalue weighted by Gasteiger charge is 2.65. The first kappa shape index (κ1) is 6.22. The third kappa shape index (κ3) is 0.572. The van der Waals surface area contributed by atoms with Crippen molar-refractivity contribution in [3.05, 3.63) is 11.4 Å². The molecule has 0 aromatic rings. The van der Waals surface area contributed by atoms with E-state index in [4.69, 9.17) is 6.57 Å². The van der Waals surface area contributed by atoms with Crippen LogP contribution >= 0.6 is 0 Å². The summed E-state index contributed by atoms with van der Waals surface area (Å²) in [5.74, 6) is 1.48. The Balaban J connectivity index is 2.08. The molecule has 2 fully saturated rings. The summed E-state index contributed by atoms with van der Waals surface area (Å²) in [6.07, 6.45) is 5.20. The van der Waals surface area contributed by atoms with E-state index in [9.17, 15) is 0 Å². The van der Waals surface area contributed by atoms with Crippen molar-refractivity contribution in [3.63, 3.8) is 0 Å². The first-order valence-corrected chi connectivity index (χ1v) is 4.18. The van der Waals surface area contributed by atoms with E-state index in [1.807, 2.05) is 0 Å². The van der Waals surface area contributed by atoms with Crippen LogP contribution in [0.5, 0.6) is 0 Å². The van der Waals surface area contributed by atoms with Crippen LogP contribution in [0.15, 0.2) is 0 Å². The summed E-state index contributed by atoms with van der Waals surface area (Å²) < 4.78 is 0. The Morgan fingerprint density at radius 2 is 2.10 bits per heavy atom. The standard InChI is InChI=1S/C9H13N/c1-7-6-9(7,10-2)8-4-3-5-8/h7-8H,3-6H2,1H3. The Morgan fingerprint density at radius 1 is 1.50 bits per heavy atom. The smallest absolute Gasteiger partial charge is 0.238 e. The minimum Gasteiger partial charge on any atom is -0.310 e. The van der Waals surface area contributed by atoms with E-state index in [2.05, 4.69) is 11.8 Å². The lowest BCUT2D eigenvalue weighted by Gasteiger charge is -2.26. The van der Waals surface area contributed by atoms with Gasteiger partial charge in [-0.05, 0) is 12.8 Å². The van der Waals surface area contributed by atoms with Gasteiger partial charge in [0.1, 0.15) is 0 Å². The molecule has 0 N–H and O–H groups in total. The summed E-state index contributed by atoms with van der Waals surface area (Å²) >= 11 is 0. The molecule has 2 aliphatic carbocycles. The summed E-state index contributed by atoms with van der Waals surface area (Å²) in [6, 6.07) is 0. The highest BCUT2D eigenvalue weighted by atomic mass is 14.9. The molecular weight excluding hydrogens is 122 g/mol. The summed E-state index contributed by atoms with van der Waals surface area (Å²) in [6.45, 7) is 9.31. The lowest BCUT2D eigenvalue weighted by molar-refractivity contribution is 0.262. The molecule has 2 saturated carbocycles. The molecule has 0 saturated heterocycles. The summed E-state index contributed by atoms with van der Waals surface area (Å²) in [7, 11) is 0. The van der Waals surface area contributed by atoms with Crippen LogP contribution < -0.4 is 0 Å². The topological polar surface area (TPSA) is 4.36 Å². The van der Waals surface area contributed by atoms with E-state index in [-0.39, 0.29) is 5.54 Å². The van der Waals surface area contributed by atoms with Crippen LogP contribution in [0, 0.1) is 18.4 Å². The second-order valence-electron chi connectivity index (χ2n) is 3.84. The lowest BCUT2D eigenvalue weighted by Crippen LogP contribution is -2.27. The summed E-state index contributed by atoms with van der Waals surface area (Å²) in [5.41, 5.74) is 0.137. The average molecular weight is 135 g/mol. The van der Waals surface area contributed by atoms with Crippen molar-refractivity contribution >= 4 is 0 Å². The van der Waals surface area contributed by atoms with Gasteiger partial charge < -0.3 is 4.85 Å². The fourth-order valence-electron chi connectivity index (χ4n) is 2.16. The normalized spacial score (nSPS) is 45.8. The highest BCUT2D eigenvalue weighted by molar-refractivity contribution is 5.20. The quantitative estimate of drug-likeness (QED) is 0.486. The Kier molecular flexibility index (Phi) is 1.09. The zero-order valence-electron chi connectivity index (χ0n) is 6.43. The number of rotatable bonds is 1. The maximum atomic E-state index is 7.09. The molecule has 1 heteroatoms. The van der Waals surface area contributed by atoms with Crippen LogP contribution in [-0.4, -0.2) is 5.54 Å². The zero-order chi connectivity index (χ0) is 7.19. The van der Waals surface area contributed by atoms with Gasteiger partial charge in [-0.3, -0.25) is 0 Å². The summed E-state index contributed by atoms with van der Waals surface area (Å²) in [5, 5.41) is 0. The van der Waals surface area contributed by atoms with Crippen molar-refractivity contribution in [2.75, 3.05) is 0 Å². The third-order valence-electron chi connectivity index (χ3n) is 3.35. The van der Waals surface area contributed by atoms with Gasteiger partial charge in [0, 0.05) is 18.3 Å². The van der Waals surface area contributed by atoms with Crippen LogP contribution in [0.1, 0.15) is 32.6 Å². The molecule has 0 spiro atoms. The maximum absolute atomic E-state index is 7.09. The Bertz CT molecular complexity index is 187. The molecule has 2 unspecified atom stereocenters. The molecule has 2 atom stereocenters. The van der Waals surface area contributed by atoms with E-state index in [1.165, 1.54) is 25.7 Å². The van der Waals surface area contributed by atoms with E-state index in [0.717, 1.165) is 5.92 Å². The van der Waals surface area contributed by atoms with Gasteiger partial charge in [-0.2, -0.15) is 0 Å². The molecule has 2 rings (SSSR count). The van der Waals surface area contributed by atoms with Crippen molar-refractivity contribution in [3.8, 4) is 0 Å². The van der Waals surface area contributed by atoms with Crippen LogP contribution in [-0.2, 0) is 0 Å². The van der Waals surface area contributed by atoms with Crippen molar-refractivity contribution in [1.82, 2.24) is 0 Å². The average Bonchev–Trinajstić information content (AvgIpc) is 2.39. The van der Waals surface area contributed by atoms with Gasteiger partial charge in [0.2, 0.25) is 5.54 Å². The van der Waals surface area contributed by atoms with Crippen molar-refractivity contribution < 1.29 is 0 Å². The summed E-state index contributed by atoms with van der Waals surface area (Å²) in [4.78, 5) is 3.78. The lowest BCUT2D eigenvalue weighted by atomic mass is 9.77. The molecule has 1 nitrogen and oxygen atoms in total. The molecule has 0 bridgehead atoms. The largest absolute Gasteiger partial charge is 0.310 e. The predicted molar refractivity (Wildman–Crippen MR) is 40.5 cm³/mol. The molecule has 0 aromatic carbocycles. The van der Waals surface area contributed by atoms with Gasteiger partial charge in [-0.25, -0.2) is 6.57 Å². The molecular formula is C9H13N. The van der Waals surface area contributed by atoms with Gasteiger partial charge in [-0.15, -0.1) is 0 Å². The second kappa shape index (κ2) is 1.75. The number of hydrogen-bond acceptors (Lipinski definition) is 0. The second-order valence-corrected chi connectivity index (χ2v) is 3.84. The van der Waals surface area contributed by atoms with E-state index in [1.54, 1.807) is 0 Å². The van der Waals surface area contributed by atoms with E-state index in [0.29, 0.717) is 5.92 Å². The molecule has 10 heavy (non-hydrogen) atoms. The molecule has 2 aliphatic rings. The highest BCUT2D eigenvalue weighted by Crippen LogP contribution is 2.58. The minimum atomic E-state index is 0.137. The maximum Gasteiger partial charge on any atom is 0.238 e. The number of hydrogen-bond donors (Lipinski definition) is 0. The first-order valence-electron chi connectivity index (χ1n) is 4.18. The van der Waals surface area contributed by atoms with Gasteiger partial charge >= 0.3 is 0 Å². The SMILES string of the molecule is [C-]#[N+]C1(C2CCC2)CC1C. The van der Waals surface area contributed by atoms with Crippen LogP contribution in [0.3, 0.4) is 0 Å². The van der Waals surface area contributed by atoms with Crippen molar-refractivity contribution in [1.29, 1.82) is 0 Å². The van der Waals surface area contributed by atoms with Gasteiger partial charge in [0.25, 0.3) is 0 Å². The van der Waals surface area contributed by atoms with Crippen LogP contribution in [0.4, 0.5) is 0 Å². The monoisotopic (exact) mass is 135 g/mol. The van der Waals surface area contributed by atoms with Crippen molar-refractivity contribution in [2.24, 2.45) is 11.8 Å². The van der Waals surface area contributed by atoms with Gasteiger partial charge in [-0.1, -0.05) is 13.3 Å². The zero-order valence-corrected chi connectivity index (χ0v) is 6.43. The third-order valence-corrected chi connectivity index (χ3v) is 3.35. The fraction of sp³-hybridized carbons (Fsp3) is 0.889. The van der Waals surface area contributed by atoms with Crippen LogP contribution in [0.25, 0.3) is 4.85 Å². The number of nitrogens with zero attached hydrogens (tertiary/aromatic N) is 1. The molecule has 0 heterocycles. The Labute approximate surface area is 62.2 Å². The fourth-order valence-corrected chi connectivity index (χ4v) is 2.16. The first-order chi connectivity index (χ1) is 4.79. The van der Waals surface area contributed by atoms with E-state index < -0.39 is 0 Å². The van der Waals surface area contributed by atoms with Crippen LogP contribution in [0.2, 0.25) is 0 Å². The van der Waals surface area contributed by atoms with Gasteiger partial charge in [0.05, 0.1) is 0 Å². The van der Waals surface area contributed by atoms with E-state index >= 15 is 0 Å². The molecule has 0 radical (unpaired) electrons. The predicted octanol–water partition coefficient (Wildman–Crippen LogP) is 2.48. The Morgan fingerprint density at radius 3 is 2.20 bits per heavy atom. The van der Waals surface area contributed by atoms with Gasteiger partial charge in [0.15, 0.2) is 0 Å². The molecule has 0 aliphatic heterocycles. The minimum absolute atomic E-state index is 0.137. The Hall–Kier alpha value is -0.510. The molecule has 0 amide bonds.